The predicted octanol–water partition coefficient (Wildman–Crippen LogP) is 0.945. The summed E-state index contributed by atoms with van der Waals surface area (Å²) in [5.41, 5.74) is 0. The maximum atomic E-state index is 12.3. The van der Waals surface area contributed by atoms with E-state index < -0.39 is 6.04 Å². The van der Waals surface area contributed by atoms with E-state index in [1.54, 1.807) is 6.92 Å². The van der Waals surface area contributed by atoms with E-state index in [1.165, 1.54) is 0 Å². The summed E-state index contributed by atoms with van der Waals surface area (Å²) in [4.78, 5) is 26.4. The molecule has 0 aromatic rings. The normalized spacial score (nSPS) is 20.8. The summed E-state index contributed by atoms with van der Waals surface area (Å²) in [6.07, 6.45) is 2.44. The van der Waals surface area contributed by atoms with Crippen LogP contribution >= 0.6 is 0 Å². The first-order chi connectivity index (χ1) is 10.2. The Morgan fingerprint density at radius 3 is 2.71 bits per heavy atom. The highest BCUT2D eigenvalue weighted by Gasteiger charge is 2.37. The van der Waals surface area contributed by atoms with E-state index in [0.717, 1.165) is 12.8 Å². The van der Waals surface area contributed by atoms with Gasteiger partial charge in [-0.3, -0.25) is 14.5 Å². The van der Waals surface area contributed by atoms with Gasteiger partial charge in [0, 0.05) is 13.1 Å². The van der Waals surface area contributed by atoms with Crippen LogP contribution in [0.15, 0.2) is 0 Å². The number of amides is 1. The molecule has 6 nitrogen and oxygen atoms in total. The summed E-state index contributed by atoms with van der Waals surface area (Å²) in [7, 11) is 0. The zero-order valence-corrected chi connectivity index (χ0v) is 13.4. The fourth-order valence-corrected chi connectivity index (χ4v) is 2.51. The molecule has 2 atom stereocenters. The van der Waals surface area contributed by atoms with Gasteiger partial charge in [0.2, 0.25) is 5.91 Å². The zero-order chi connectivity index (χ0) is 15.7. The van der Waals surface area contributed by atoms with Crippen LogP contribution < -0.4 is 5.32 Å². The van der Waals surface area contributed by atoms with E-state index in [9.17, 15) is 9.59 Å². The molecule has 1 aliphatic heterocycles. The van der Waals surface area contributed by atoms with Crippen molar-refractivity contribution in [3.8, 4) is 0 Å². The third kappa shape index (κ3) is 5.28. The summed E-state index contributed by atoms with van der Waals surface area (Å²) in [6, 6.07) is -0.775. The molecule has 1 amide bonds. The Balaban J connectivity index is 2.80. The minimum atomic E-state index is -0.411. The van der Waals surface area contributed by atoms with Crippen molar-refractivity contribution in [2.45, 2.75) is 52.1 Å². The molecule has 1 N–H and O–H groups in total. The third-order valence-electron chi connectivity index (χ3n) is 3.54. The second-order valence-electron chi connectivity index (χ2n) is 5.18. The van der Waals surface area contributed by atoms with Crippen LogP contribution in [0, 0.1) is 0 Å². The summed E-state index contributed by atoms with van der Waals surface area (Å²) in [5.74, 6) is -0.309. The zero-order valence-electron chi connectivity index (χ0n) is 13.4. The lowest BCUT2D eigenvalue weighted by molar-refractivity contribution is -0.156. The molecule has 0 bridgehead atoms. The van der Waals surface area contributed by atoms with E-state index in [2.05, 4.69) is 5.32 Å². The van der Waals surface area contributed by atoms with E-state index in [0.29, 0.717) is 39.3 Å². The highest BCUT2D eigenvalue weighted by Crippen LogP contribution is 2.17. The first-order valence-electron chi connectivity index (χ1n) is 7.93. The third-order valence-corrected chi connectivity index (χ3v) is 3.54. The highest BCUT2D eigenvalue weighted by atomic mass is 16.5. The Kier molecular flexibility index (Phi) is 8.30. The molecule has 0 spiro atoms. The van der Waals surface area contributed by atoms with Gasteiger partial charge in [-0.25, -0.2) is 0 Å². The number of nitrogens with one attached hydrogen (secondary N) is 1. The number of hydrogen-bond acceptors (Lipinski definition) is 5. The van der Waals surface area contributed by atoms with Gasteiger partial charge in [0.1, 0.15) is 12.1 Å². The van der Waals surface area contributed by atoms with Crippen molar-refractivity contribution in [2.24, 2.45) is 0 Å². The van der Waals surface area contributed by atoms with Crippen LogP contribution in [0.4, 0.5) is 0 Å². The number of nitrogens with zero attached hydrogens (tertiary/aromatic N) is 1. The molecule has 1 rings (SSSR count). The molecule has 122 valence electrons. The highest BCUT2D eigenvalue weighted by molar-refractivity contribution is 5.83. The smallest absolute Gasteiger partial charge is 0.323 e. The number of hydrogen-bond donors (Lipinski definition) is 1. The van der Waals surface area contributed by atoms with Crippen LogP contribution in [-0.4, -0.2) is 61.8 Å². The van der Waals surface area contributed by atoms with Crippen LogP contribution in [0.5, 0.6) is 0 Å². The van der Waals surface area contributed by atoms with E-state index in [4.69, 9.17) is 9.47 Å². The van der Waals surface area contributed by atoms with Gasteiger partial charge in [-0.15, -0.1) is 0 Å². The molecule has 0 aromatic heterocycles. The van der Waals surface area contributed by atoms with E-state index in [-0.39, 0.29) is 17.9 Å². The van der Waals surface area contributed by atoms with Crippen LogP contribution in [0.25, 0.3) is 0 Å². The van der Waals surface area contributed by atoms with Crippen molar-refractivity contribution >= 4 is 11.9 Å². The monoisotopic (exact) mass is 300 g/mol. The molecule has 6 heteroatoms. The second kappa shape index (κ2) is 9.73. The van der Waals surface area contributed by atoms with Gasteiger partial charge in [-0.05, 0) is 19.8 Å². The lowest BCUT2D eigenvalue weighted by Gasteiger charge is -2.38. The molecule has 1 saturated heterocycles. The first kappa shape index (κ1) is 17.9. The Morgan fingerprint density at radius 2 is 2.10 bits per heavy atom. The molecular weight excluding hydrogens is 272 g/mol. The van der Waals surface area contributed by atoms with Crippen LogP contribution in [-0.2, 0) is 19.1 Å². The predicted molar refractivity (Wildman–Crippen MR) is 79.9 cm³/mol. The van der Waals surface area contributed by atoms with Gasteiger partial charge < -0.3 is 14.8 Å². The Labute approximate surface area is 127 Å². The van der Waals surface area contributed by atoms with Gasteiger partial charge in [0.15, 0.2) is 0 Å². The van der Waals surface area contributed by atoms with Crippen molar-refractivity contribution in [1.82, 2.24) is 10.2 Å². The van der Waals surface area contributed by atoms with Crippen LogP contribution in [0.1, 0.15) is 40.0 Å². The fourth-order valence-electron chi connectivity index (χ4n) is 2.51. The largest absolute Gasteiger partial charge is 0.465 e. The summed E-state index contributed by atoms with van der Waals surface area (Å²) in [6.45, 7) is 8.27. The van der Waals surface area contributed by atoms with Crippen LogP contribution in [0.2, 0.25) is 0 Å². The molecule has 0 aliphatic carbocycles. The minimum Gasteiger partial charge on any atom is -0.465 e. The molecule has 2 unspecified atom stereocenters. The maximum absolute atomic E-state index is 12.3. The van der Waals surface area contributed by atoms with Gasteiger partial charge in [0.05, 0.1) is 19.8 Å². The average molecular weight is 300 g/mol. The molecule has 1 aliphatic rings. The molecule has 1 fully saturated rings. The number of rotatable bonds is 8. The molecule has 1 heterocycles. The number of morpholine rings is 1. The Bertz CT molecular complexity index is 336. The maximum Gasteiger partial charge on any atom is 0.323 e. The van der Waals surface area contributed by atoms with Gasteiger partial charge in [-0.1, -0.05) is 20.3 Å². The summed E-state index contributed by atoms with van der Waals surface area (Å²) in [5, 5.41) is 2.89. The van der Waals surface area contributed by atoms with Gasteiger partial charge >= 0.3 is 5.97 Å². The Hall–Kier alpha value is -1.14. The van der Waals surface area contributed by atoms with Crippen molar-refractivity contribution in [2.75, 3.05) is 32.9 Å². The number of ether oxygens (including phenoxy) is 2. The van der Waals surface area contributed by atoms with Crippen molar-refractivity contribution in [3.63, 3.8) is 0 Å². The van der Waals surface area contributed by atoms with Crippen molar-refractivity contribution in [1.29, 1.82) is 0 Å². The number of esters is 1. The lowest BCUT2D eigenvalue weighted by atomic mass is 10.1. The van der Waals surface area contributed by atoms with Gasteiger partial charge in [0.25, 0.3) is 0 Å². The summed E-state index contributed by atoms with van der Waals surface area (Å²) < 4.78 is 10.6. The molecule has 21 heavy (non-hydrogen) atoms. The average Bonchev–Trinajstić information content (AvgIpc) is 2.50. The summed E-state index contributed by atoms with van der Waals surface area (Å²) >= 11 is 0. The molecular formula is C15H28N2O4. The quantitative estimate of drug-likeness (QED) is 0.676. The first-order valence-corrected chi connectivity index (χ1v) is 7.93. The topological polar surface area (TPSA) is 67.9 Å². The minimum absolute atomic E-state index is 0.0676. The second-order valence-corrected chi connectivity index (χ2v) is 5.18. The molecule has 0 saturated carbocycles. The standard InChI is InChI=1S/C15H28N2O4/c1-4-7-12(15(19)21-6-3)17-9-10-20-11-13(17)14(18)16-8-5-2/h12-13H,4-11H2,1-3H3,(H,16,18). The van der Waals surface area contributed by atoms with E-state index in [1.807, 2.05) is 18.7 Å². The Morgan fingerprint density at radius 1 is 1.33 bits per heavy atom. The fraction of sp³-hybridized carbons (Fsp3) is 0.867. The number of carbonyl (C=O) groups is 2. The SMILES string of the molecule is CCCNC(=O)C1COCCN1C(CCC)C(=O)OCC. The number of carbonyl (C=O) groups excluding carboxylic acids is 2. The molecule has 0 aromatic carbocycles. The lowest BCUT2D eigenvalue weighted by Crippen LogP contribution is -2.59. The van der Waals surface area contributed by atoms with Crippen molar-refractivity contribution < 1.29 is 19.1 Å². The van der Waals surface area contributed by atoms with Crippen LogP contribution in [0.3, 0.4) is 0 Å². The van der Waals surface area contributed by atoms with Crippen molar-refractivity contribution in [3.05, 3.63) is 0 Å². The van der Waals surface area contributed by atoms with Gasteiger partial charge in [-0.2, -0.15) is 0 Å². The van der Waals surface area contributed by atoms with E-state index >= 15 is 0 Å². The molecule has 0 radical (unpaired) electrons.